The quantitative estimate of drug-likeness (QED) is 0.661. The molecule has 0 aliphatic carbocycles. The lowest BCUT2D eigenvalue weighted by molar-refractivity contribution is 0.125. The second kappa shape index (κ2) is 5.40. The van der Waals surface area contributed by atoms with E-state index in [2.05, 4.69) is 38.7 Å². The summed E-state index contributed by atoms with van der Waals surface area (Å²) in [6, 6.07) is 3.74. The molecule has 1 aliphatic rings. The van der Waals surface area contributed by atoms with Crippen LogP contribution in [0.5, 0.6) is 5.75 Å². The summed E-state index contributed by atoms with van der Waals surface area (Å²) in [4.78, 5) is 0.702. The third-order valence-electron chi connectivity index (χ3n) is 2.39. The number of thiol groups is 1. The van der Waals surface area contributed by atoms with Gasteiger partial charge in [-0.15, -0.1) is 12.6 Å². The van der Waals surface area contributed by atoms with Crippen LogP contribution in [0.15, 0.2) is 17.0 Å². The molecule has 1 aromatic carbocycles. The molecule has 2 nitrogen and oxygen atoms in total. The normalized spacial score (nSPS) is 17.5. The van der Waals surface area contributed by atoms with Crippen molar-refractivity contribution in [1.29, 1.82) is 0 Å². The van der Waals surface area contributed by atoms with E-state index in [-0.39, 0.29) is 11.6 Å². The molecule has 0 aromatic heterocycles. The summed E-state index contributed by atoms with van der Waals surface area (Å²) in [5.74, 6) is 0.755. The van der Waals surface area contributed by atoms with Gasteiger partial charge in [-0.3, -0.25) is 0 Å². The predicted octanol–water partition coefficient (Wildman–Crippen LogP) is 4.83. The monoisotopic (exact) mass is 273 g/mol. The number of hydrogen-bond acceptors (Lipinski definition) is 3. The third kappa shape index (κ3) is 3.02. The first-order valence-electron chi connectivity index (χ1n) is 5.84. The topological polar surface area (TPSA) is 21.3 Å². The second-order valence-corrected chi connectivity index (χ2v) is 5.64. The molecular weight excluding hydrogens is 254 g/mol. The minimum atomic E-state index is -0.0307. The van der Waals surface area contributed by atoms with E-state index in [1.54, 1.807) is 0 Å². The molecule has 0 fully saturated rings. The molecule has 4 heteroatoms. The largest absolute Gasteiger partial charge is 0.467 e. The van der Waals surface area contributed by atoms with Crippen LogP contribution in [0.2, 0.25) is 5.02 Å². The van der Waals surface area contributed by atoms with E-state index in [0.717, 1.165) is 11.4 Å². The summed E-state index contributed by atoms with van der Waals surface area (Å²) in [6.07, 6.45) is -0.0307. The molecule has 0 amide bonds. The van der Waals surface area contributed by atoms with Crippen molar-refractivity contribution in [2.75, 3.05) is 5.32 Å². The number of fused-ring (bicyclic) bond motifs is 1. The first kappa shape index (κ1) is 14.5. The summed E-state index contributed by atoms with van der Waals surface area (Å²) in [6.45, 7) is 10.4. The number of nitrogens with one attached hydrogen (secondary N) is 1. The Hall–Kier alpha value is -0.540. The molecule has 0 radical (unpaired) electrons. The zero-order chi connectivity index (χ0) is 13.2. The first-order chi connectivity index (χ1) is 7.89. The number of benzene rings is 1. The molecule has 1 heterocycles. The highest BCUT2D eigenvalue weighted by Gasteiger charge is 2.33. The van der Waals surface area contributed by atoms with Crippen LogP contribution in [0.3, 0.4) is 0 Å². The molecule has 1 unspecified atom stereocenters. The van der Waals surface area contributed by atoms with Crippen molar-refractivity contribution in [3.63, 3.8) is 0 Å². The summed E-state index contributed by atoms with van der Waals surface area (Å²) < 4.78 is 5.81. The number of ether oxygens (including phenoxy) is 1. The van der Waals surface area contributed by atoms with Crippen LogP contribution in [-0.4, -0.2) is 6.23 Å². The highest BCUT2D eigenvalue weighted by atomic mass is 35.5. The van der Waals surface area contributed by atoms with E-state index in [0.29, 0.717) is 9.92 Å². The van der Waals surface area contributed by atoms with Gasteiger partial charge in [-0.2, -0.15) is 0 Å². The smallest absolute Gasteiger partial charge is 0.175 e. The van der Waals surface area contributed by atoms with Crippen molar-refractivity contribution in [1.82, 2.24) is 0 Å². The van der Waals surface area contributed by atoms with Gasteiger partial charge in [0.1, 0.15) is 0 Å². The summed E-state index contributed by atoms with van der Waals surface area (Å²) in [5.41, 5.74) is 0.996. The van der Waals surface area contributed by atoms with Gasteiger partial charge in [-0.25, -0.2) is 0 Å². The molecule has 0 saturated heterocycles. The van der Waals surface area contributed by atoms with E-state index in [4.69, 9.17) is 16.3 Å². The van der Waals surface area contributed by atoms with Crippen LogP contribution >= 0.6 is 24.2 Å². The van der Waals surface area contributed by atoms with Crippen LogP contribution in [0.1, 0.15) is 34.6 Å². The molecule has 2 rings (SSSR count). The van der Waals surface area contributed by atoms with Crippen LogP contribution in [0, 0.1) is 5.41 Å². The fraction of sp³-hybridized carbons (Fsp3) is 0.538. The van der Waals surface area contributed by atoms with Gasteiger partial charge in [0.25, 0.3) is 0 Å². The van der Waals surface area contributed by atoms with Crippen molar-refractivity contribution in [3.05, 3.63) is 17.2 Å². The van der Waals surface area contributed by atoms with Crippen LogP contribution in [0.4, 0.5) is 5.69 Å². The molecule has 96 valence electrons. The highest BCUT2D eigenvalue weighted by Crippen LogP contribution is 2.44. The molecule has 0 saturated carbocycles. The average Bonchev–Trinajstić information content (AvgIpc) is 2.71. The second-order valence-electron chi connectivity index (χ2n) is 4.78. The zero-order valence-corrected chi connectivity index (χ0v) is 12.6. The van der Waals surface area contributed by atoms with E-state index in [1.807, 2.05) is 26.0 Å². The van der Waals surface area contributed by atoms with E-state index >= 15 is 0 Å². The Bertz CT molecular complexity index is 401. The minimum absolute atomic E-state index is 0.0307. The highest BCUT2D eigenvalue weighted by molar-refractivity contribution is 7.80. The standard InChI is InChI=1S/C11H14ClNOS.C2H6/c1-11(2,3)10-13-7-5-4-6(12)9(15)8(7)14-10;1-2/h4-5,10,13,15H,1-3H3;1-2H3. The molecule has 1 aliphatic heterocycles. The Kier molecular flexibility index (Phi) is 4.62. The molecular formula is C13H20ClNOS. The lowest BCUT2D eigenvalue weighted by Gasteiger charge is -2.26. The molecule has 0 bridgehead atoms. The lowest BCUT2D eigenvalue weighted by Crippen LogP contribution is -2.35. The number of rotatable bonds is 0. The van der Waals surface area contributed by atoms with Crippen molar-refractivity contribution < 1.29 is 4.74 Å². The van der Waals surface area contributed by atoms with Gasteiger partial charge in [-0.1, -0.05) is 46.2 Å². The maximum Gasteiger partial charge on any atom is 0.175 e. The van der Waals surface area contributed by atoms with Gasteiger partial charge in [0.2, 0.25) is 0 Å². The number of hydrogen-bond donors (Lipinski definition) is 2. The first-order valence-corrected chi connectivity index (χ1v) is 6.67. The average molecular weight is 274 g/mol. The van der Waals surface area contributed by atoms with Crippen molar-refractivity contribution in [2.45, 2.75) is 45.7 Å². The fourth-order valence-corrected chi connectivity index (χ4v) is 1.86. The van der Waals surface area contributed by atoms with E-state index in [1.165, 1.54) is 0 Å². The summed E-state index contributed by atoms with van der Waals surface area (Å²) in [7, 11) is 0. The summed E-state index contributed by atoms with van der Waals surface area (Å²) >= 11 is 10.3. The lowest BCUT2D eigenvalue weighted by atomic mass is 9.94. The van der Waals surface area contributed by atoms with Crippen molar-refractivity contribution in [3.8, 4) is 5.75 Å². The Balaban J connectivity index is 0.000000686. The van der Waals surface area contributed by atoms with Gasteiger partial charge in [0.15, 0.2) is 12.0 Å². The molecule has 17 heavy (non-hydrogen) atoms. The van der Waals surface area contributed by atoms with E-state index in [9.17, 15) is 0 Å². The SMILES string of the molecule is CC.CC(C)(C)C1Nc2ccc(Cl)c(S)c2O1. The Morgan fingerprint density at radius 3 is 2.41 bits per heavy atom. The van der Waals surface area contributed by atoms with Gasteiger partial charge >= 0.3 is 0 Å². The van der Waals surface area contributed by atoms with Crippen LogP contribution in [0.25, 0.3) is 0 Å². The Morgan fingerprint density at radius 1 is 1.29 bits per heavy atom. The Labute approximate surface area is 114 Å². The molecule has 1 N–H and O–H groups in total. The van der Waals surface area contributed by atoms with Gasteiger partial charge in [-0.05, 0) is 12.1 Å². The van der Waals surface area contributed by atoms with Crippen LogP contribution in [-0.2, 0) is 0 Å². The number of anilines is 1. The molecule has 0 spiro atoms. The van der Waals surface area contributed by atoms with Crippen molar-refractivity contribution >= 4 is 29.9 Å². The minimum Gasteiger partial charge on any atom is -0.467 e. The predicted molar refractivity (Wildman–Crippen MR) is 77.5 cm³/mol. The molecule has 1 atom stereocenters. The maximum atomic E-state index is 5.97. The van der Waals surface area contributed by atoms with Gasteiger partial charge < -0.3 is 10.1 Å². The Morgan fingerprint density at radius 2 is 1.88 bits per heavy atom. The number of halogens is 1. The molecule has 1 aromatic rings. The van der Waals surface area contributed by atoms with Gasteiger partial charge in [0, 0.05) is 5.41 Å². The summed E-state index contributed by atoms with van der Waals surface area (Å²) in [5, 5.41) is 3.93. The van der Waals surface area contributed by atoms with Crippen molar-refractivity contribution in [2.24, 2.45) is 5.41 Å². The van der Waals surface area contributed by atoms with E-state index < -0.39 is 0 Å². The maximum absolute atomic E-state index is 5.97. The third-order valence-corrected chi connectivity index (χ3v) is 3.28. The fourth-order valence-electron chi connectivity index (χ4n) is 1.46. The van der Waals surface area contributed by atoms with Gasteiger partial charge in [0.05, 0.1) is 15.6 Å². The van der Waals surface area contributed by atoms with Crippen LogP contribution < -0.4 is 10.1 Å². The zero-order valence-electron chi connectivity index (χ0n) is 11.0.